The minimum atomic E-state index is -0.374. The highest BCUT2D eigenvalue weighted by atomic mass is 79.9. The molecule has 0 radical (unpaired) electrons. The third-order valence-corrected chi connectivity index (χ3v) is 33.6. The van der Waals surface area contributed by atoms with E-state index in [0.29, 0.717) is 130 Å². The second kappa shape index (κ2) is 55.8. The van der Waals surface area contributed by atoms with Gasteiger partial charge in [-0.2, -0.15) is 0 Å². The van der Waals surface area contributed by atoms with Gasteiger partial charge < -0.3 is 64.9 Å². The first-order valence-corrected chi connectivity index (χ1v) is 56.7. The van der Waals surface area contributed by atoms with E-state index in [1.54, 1.807) is 12.1 Å². The number of phenolic OH excluding ortho intramolecular Hbond substituents is 6. The number of benzene rings is 6. The van der Waals surface area contributed by atoms with Crippen LogP contribution in [0.2, 0.25) is 10.0 Å². The molecule has 12 atom stereocenters. The molecule has 0 heterocycles. The lowest BCUT2D eigenvalue weighted by molar-refractivity contribution is -0.385. The second-order valence-electron chi connectivity index (χ2n) is 52.2. The zero-order valence-electron chi connectivity index (χ0n) is 99.0. The van der Waals surface area contributed by atoms with Crippen molar-refractivity contribution in [3.8, 4) is 34.5 Å². The molecule has 0 saturated heterocycles. The molecule has 147 heavy (non-hydrogen) atoms. The lowest BCUT2D eigenvalue weighted by Gasteiger charge is -2.41. The molecule has 6 saturated carbocycles. The SMILES string of the molecule is CN(C)[C@@H]1CCCC[C@H]1N(C)Cc1cc(Br)cc(C(C)(C)C)c1O.CN(C)[C@@H]1CCCC[C@H]1N(C)Cc1cc(C(C)(C)C)cc(C(C)(C)C)c1O.CN(C)[C@@H]1CCCC[C@H]1N(C)Cc1cc(C(C)(C)C)ccc1O.CN(C)[C@@H]1CCCC[C@H]1N(C)Cc1cc(Cl)cc(Cl)c1O.CN(C)[C@@H]1CCCC[C@H]1N(C)Cc1cc([N+](=O)[O-])cc(C(C)(C)C)c1O.CN(C)c1cc(CN(C)[C@@H]2CCCC[C@H]2N(C)C)c(O)c(C(C)(C)C)c1. The molecule has 0 aliphatic heterocycles. The van der Waals surface area contributed by atoms with Gasteiger partial charge in [0.25, 0.3) is 5.69 Å². The van der Waals surface area contributed by atoms with E-state index in [1.807, 2.05) is 39.0 Å². The van der Waals surface area contributed by atoms with Crippen LogP contribution in [-0.2, 0) is 71.8 Å². The van der Waals surface area contributed by atoms with Crippen LogP contribution in [0.25, 0.3) is 0 Å². The first kappa shape index (κ1) is 128. The fraction of sp³-hybridized carbons (Fsp3) is 0.705. The Kier molecular flexibility index (Phi) is 48.5. The Hall–Kier alpha value is -6.10. The van der Waals surface area contributed by atoms with E-state index in [4.69, 9.17) is 23.2 Å². The Balaban J connectivity index is 0.000000239. The highest BCUT2D eigenvalue weighted by Gasteiger charge is 2.40. The molecular formula is C122H205BrCl2N14O8. The third kappa shape index (κ3) is 36.8. The largest absolute Gasteiger partial charge is 0.508 e. The van der Waals surface area contributed by atoms with Crippen molar-refractivity contribution in [2.24, 2.45) is 0 Å². The number of phenols is 6. The number of aromatic hydroxyl groups is 6. The van der Waals surface area contributed by atoms with E-state index in [-0.39, 0.29) is 54.6 Å². The van der Waals surface area contributed by atoms with Crippen LogP contribution >= 0.6 is 39.1 Å². The maximum atomic E-state index is 11.4. The second-order valence-corrected chi connectivity index (χ2v) is 53.9. The van der Waals surface area contributed by atoms with Gasteiger partial charge >= 0.3 is 0 Å². The van der Waals surface area contributed by atoms with E-state index < -0.39 is 0 Å². The van der Waals surface area contributed by atoms with Crippen LogP contribution in [0.5, 0.6) is 34.5 Å². The number of nitro groups is 1. The Morgan fingerprint density at radius 2 is 0.531 bits per heavy atom. The van der Waals surface area contributed by atoms with Crippen LogP contribution in [0, 0.1) is 10.1 Å². The van der Waals surface area contributed by atoms with E-state index in [1.165, 1.54) is 165 Å². The molecule has 6 aromatic carbocycles. The lowest BCUT2D eigenvalue weighted by atomic mass is 9.78. The summed E-state index contributed by atoms with van der Waals surface area (Å²) in [6, 6.07) is 31.8. The van der Waals surface area contributed by atoms with Crippen molar-refractivity contribution in [3.63, 3.8) is 0 Å². The van der Waals surface area contributed by atoms with Crippen molar-refractivity contribution in [3.05, 3.63) is 170 Å². The number of nitro benzene ring substituents is 1. The van der Waals surface area contributed by atoms with Crippen LogP contribution in [0.15, 0.2) is 83.3 Å². The van der Waals surface area contributed by atoms with Crippen LogP contribution in [0.3, 0.4) is 0 Å². The summed E-state index contributed by atoms with van der Waals surface area (Å²) in [4.78, 5) is 41.5. The molecule has 25 heteroatoms. The van der Waals surface area contributed by atoms with Gasteiger partial charge in [-0.25, -0.2) is 0 Å². The number of rotatable bonds is 26. The van der Waals surface area contributed by atoms with Gasteiger partial charge in [0.2, 0.25) is 0 Å². The molecule has 6 N–H and O–H groups in total. The van der Waals surface area contributed by atoms with Crippen LogP contribution in [-0.4, -0.2) is 308 Å². The number of likely N-dealkylation sites (N-methyl/N-ethyl adjacent to an activating group) is 12. The average Bonchev–Trinajstić information content (AvgIpc) is 0.776. The standard InChI is InChI=1S/C24H42N2O.C22H39N3O.C20H33BrN2O.C20H33N3O3.C20H34N2O.C16H24Cl2N2O/c1-23(2,3)18-14-17(22(27)19(15-18)24(4,5)6)16-26(9)21-13-11-10-12-20(21)25(7)8;1-22(2,3)18-14-17(23(4)5)13-16(21(18)26)15-25(8)20-12-10-9-11-19(20)24(6)7;1-20(2,3)16-12-15(21)11-14(19(16)24)13-23(6)18-10-8-7-9-17(18)22(4)5;1-20(2,3)16-12-15(23(25)26)11-14(19(16)24)13-22(6)18-10-8-7-9-17(18)21(4)5;1-20(2,3)16-11-12-19(23)15(13-16)14-22(6)18-10-8-7-9-17(18)21(4)5;1-19(2)14-6-4-5-7-15(14)20(3)10-11-8-12(17)9-13(18)16(11)21/h14-15,20-21,27H,10-13,16H2,1-9H3;13-14,19-20,26H,9-12,15H2,1-8H3;11-12,17-18,24H,7-10,13H2,1-6H3;11-12,17-18,24H,7-10,13H2,1-6H3;11-13,17-18,23H,7-10,14H2,1-6H3;8-9,14-15,21H,4-7,10H2,1-3H3/t20-,21-;19-,20-;3*17-,18-;14-,15-/m111111/s1. The summed E-state index contributed by atoms with van der Waals surface area (Å²) in [5.74, 6) is 2.15. The first-order valence-electron chi connectivity index (χ1n) is 55.2. The molecule has 0 unspecified atom stereocenters. The number of non-ortho nitro benzene ring substituents is 1. The molecule has 6 aliphatic rings. The smallest absolute Gasteiger partial charge is 0.270 e. The zero-order valence-corrected chi connectivity index (χ0v) is 102. The Labute approximate surface area is 912 Å². The number of hydrogen-bond acceptors (Lipinski definition) is 21. The number of anilines is 1. The van der Waals surface area contributed by atoms with E-state index in [9.17, 15) is 40.8 Å². The summed E-state index contributed by atoms with van der Waals surface area (Å²) in [5.41, 5.74) is 12.7. The molecule has 6 aromatic rings. The highest BCUT2D eigenvalue weighted by Crippen LogP contribution is 2.46. The number of nitrogens with zero attached hydrogens (tertiary/aromatic N) is 14. The van der Waals surface area contributed by atoms with Gasteiger partial charge in [-0.3, -0.25) is 39.5 Å². The zero-order chi connectivity index (χ0) is 111. The van der Waals surface area contributed by atoms with Crippen molar-refractivity contribution in [1.29, 1.82) is 0 Å². The van der Waals surface area contributed by atoms with Crippen LogP contribution in [0.4, 0.5) is 11.4 Å². The lowest BCUT2D eigenvalue weighted by Crippen LogP contribution is -2.49. The van der Waals surface area contributed by atoms with Crippen LogP contribution in [0.1, 0.15) is 345 Å². The van der Waals surface area contributed by atoms with Gasteiger partial charge in [0.05, 0.1) is 9.95 Å². The summed E-state index contributed by atoms with van der Waals surface area (Å²) in [5, 5.41) is 76.4. The molecule has 832 valence electrons. The first-order chi connectivity index (χ1) is 68.1. The minimum Gasteiger partial charge on any atom is -0.508 e. The average molecular weight is 2150 g/mol. The quantitative estimate of drug-likeness (QED) is 0.0221. The van der Waals surface area contributed by atoms with E-state index in [2.05, 4.69) is 361 Å². The fourth-order valence-corrected chi connectivity index (χ4v) is 24.8. The summed E-state index contributed by atoms with van der Waals surface area (Å²) >= 11 is 15.7. The van der Waals surface area contributed by atoms with Crippen molar-refractivity contribution >= 4 is 50.5 Å². The van der Waals surface area contributed by atoms with Crippen molar-refractivity contribution in [2.45, 2.75) is 423 Å². The Bertz CT molecular complexity index is 5080. The van der Waals surface area contributed by atoms with Crippen molar-refractivity contribution < 1.29 is 35.6 Å². The summed E-state index contributed by atoms with van der Waals surface area (Å²) in [6.45, 7) is 43.1. The summed E-state index contributed by atoms with van der Waals surface area (Å²) in [6.07, 6.45) is 30.2. The van der Waals surface area contributed by atoms with Gasteiger partial charge in [-0.05, 0) is 296 Å². The molecule has 0 bridgehead atoms. The van der Waals surface area contributed by atoms with Crippen molar-refractivity contribution in [1.82, 2.24) is 58.8 Å². The van der Waals surface area contributed by atoms with E-state index in [0.717, 1.165) is 93.7 Å². The van der Waals surface area contributed by atoms with Crippen LogP contribution < -0.4 is 4.90 Å². The van der Waals surface area contributed by atoms with Gasteiger partial charge in [0.1, 0.15) is 34.5 Å². The topological polar surface area (TPSA) is 207 Å². The Morgan fingerprint density at radius 3 is 0.810 bits per heavy atom. The molecular weight excluding hydrogens is 1940 g/mol. The third-order valence-electron chi connectivity index (χ3n) is 32.6. The molecule has 22 nitrogen and oxygen atoms in total. The molecule has 0 amide bonds. The Morgan fingerprint density at radius 1 is 0.286 bits per heavy atom. The van der Waals surface area contributed by atoms with Gasteiger partial charge in [-0.1, -0.05) is 265 Å². The van der Waals surface area contributed by atoms with Gasteiger partial charge in [0, 0.05) is 203 Å². The predicted octanol–water partition coefficient (Wildman–Crippen LogP) is 26.0. The molecule has 6 aliphatic carbocycles. The monoisotopic (exact) mass is 2140 g/mol. The fourth-order valence-electron chi connectivity index (χ4n) is 23.8. The molecule has 6 fully saturated rings. The summed E-state index contributed by atoms with van der Waals surface area (Å²) < 4.78 is 1.04. The maximum Gasteiger partial charge on any atom is 0.270 e. The van der Waals surface area contributed by atoms with Crippen molar-refractivity contribution in [2.75, 3.05) is 146 Å². The minimum absolute atomic E-state index is 0.0453. The summed E-state index contributed by atoms with van der Waals surface area (Å²) in [7, 11) is 43.2. The number of hydrogen-bond donors (Lipinski definition) is 6. The highest BCUT2D eigenvalue weighted by molar-refractivity contribution is 9.10. The van der Waals surface area contributed by atoms with E-state index >= 15 is 0 Å². The normalized spacial score (nSPS) is 22.1. The molecule has 0 aromatic heterocycles. The molecule has 0 spiro atoms. The molecule has 12 rings (SSSR count). The predicted molar refractivity (Wildman–Crippen MR) is 627 cm³/mol. The maximum absolute atomic E-state index is 11.4. The number of halogens is 3. The van der Waals surface area contributed by atoms with Gasteiger partial charge in [0.15, 0.2) is 0 Å². The van der Waals surface area contributed by atoms with Gasteiger partial charge in [-0.15, -0.1) is 0 Å².